The van der Waals surface area contributed by atoms with Crippen molar-refractivity contribution < 1.29 is 14.3 Å². The van der Waals surface area contributed by atoms with Crippen molar-refractivity contribution in [2.45, 2.75) is 57.7 Å². The Kier molecular flexibility index (Phi) is 8.61. The summed E-state index contributed by atoms with van der Waals surface area (Å²) in [4.78, 5) is 27.6. The third-order valence-electron chi connectivity index (χ3n) is 5.57. The first kappa shape index (κ1) is 23.4. The fourth-order valence-electron chi connectivity index (χ4n) is 3.72. The van der Waals surface area contributed by atoms with E-state index >= 15 is 0 Å². The maximum atomic E-state index is 13.1. The van der Waals surface area contributed by atoms with Gasteiger partial charge in [0.25, 0.3) is 5.91 Å². The Labute approximate surface area is 193 Å². The molecule has 7 heteroatoms. The number of hydrogen-bond donors (Lipinski definition) is 1. The van der Waals surface area contributed by atoms with Gasteiger partial charge in [-0.3, -0.25) is 9.59 Å². The number of amides is 2. The lowest BCUT2D eigenvalue weighted by Crippen LogP contribution is -2.51. The van der Waals surface area contributed by atoms with Crippen molar-refractivity contribution in [3.63, 3.8) is 0 Å². The van der Waals surface area contributed by atoms with Crippen molar-refractivity contribution in [2.75, 3.05) is 6.61 Å². The first-order chi connectivity index (χ1) is 14.9. The Morgan fingerprint density at radius 1 is 1.06 bits per heavy atom. The molecule has 0 spiro atoms. The molecule has 1 aliphatic rings. The number of benzene rings is 2. The van der Waals surface area contributed by atoms with Crippen LogP contribution in [-0.2, 0) is 16.1 Å². The molecule has 166 valence electrons. The molecule has 1 aliphatic carbocycles. The van der Waals surface area contributed by atoms with Gasteiger partial charge in [-0.2, -0.15) is 0 Å². The first-order valence-corrected chi connectivity index (χ1v) is 11.4. The molecule has 0 bridgehead atoms. The van der Waals surface area contributed by atoms with Crippen LogP contribution in [-0.4, -0.2) is 35.4 Å². The van der Waals surface area contributed by atoms with E-state index in [-0.39, 0.29) is 31.0 Å². The first-order valence-electron chi connectivity index (χ1n) is 10.7. The summed E-state index contributed by atoms with van der Waals surface area (Å²) in [6.07, 6.45) is 5.43. The molecule has 0 saturated heterocycles. The molecule has 1 atom stereocenters. The number of hydrogen-bond acceptors (Lipinski definition) is 3. The van der Waals surface area contributed by atoms with Crippen molar-refractivity contribution >= 4 is 35.0 Å². The van der Waals surface area contributed by atoms with Crippen LogP contribution < -0.4 is 10.1 Å². The van der Waals surface area contributed by atoms with Crippen LogP contribution in [0.5, 0.6) is 5.75 Å². The summed E-state index contributed by atoms with van der Waals surface area (Å²) in [6.45, 7) is 1.82. The van der Waals surface area contributed by atoms with E-state index in [1.165, 1.54) is 11.3 Å². The summed E-state index contributed by atoms with van der Waals surface area (Å²) in [5.41, 5.74) is 0.882. The molecule has 0 aliphatic heterocycles. The van der Waals surface area contributed by atoms with E-state index in [1.807, 2.05) is 12.1 Å². The van der Waals surface area contributed by atoms with Gasteiger partial charge in [-0.15, -0.1) is 0 Å². The Balaban J connectivity index is 1.70. The molecule has 2 aromatic rings. The number of carbonyl (C=O) groups is 2. The van der Waals surface area contributed by atoms with E-state index < -0.39 is 6.04 Å². The highest BCUT2D eigenvalue weighted by atomic mass is 35.5. The van der Waals surface area contributed by atoms with Crippen molar-refractivity contribution in [3.05, 3.63) is 64.1 Å². The second-order valence-electron chi connectivity index (χ2n) is 7.89. The molecule has 5 nitrogen and oxygen atoms in total. The summed E-state index contributed by atoms with van der Waals surface area (Å²) in [5, 5.41) is 4.17. The van der Waals surface area contributed by atoms with E-state index in [9.17, 15) is 9.59 Å². The Hall–Kier alpha value is -2.24. The van der Waals surface area contributed by atoms with Crippen LogP contribution in [0.3, 0.4) is 0 Å². The predicted molar refractivity (Wildman–Crippen MR) is 123 cm³/mol. The number of carbonyl (C=O) groups excluding carboxylic acids is 2. The molecule has 0 radical (unpaired) electrons. The van der Waals surface area contributed by atoms with Crippen LogP contribution in [0.2, 0.25) is 10.0 Å². The molecule has 1 fully saturated rings. The van der Waals surface area contributed by atoms with Gasteiger partial charge in [-0.05, 0) is 49.6 Å². The minimum atomic E-state index is -0.639. The van der Waals surface area contributed by atoms with Gasteiger partial charge in [0.15, 0.2) is 6.61 Å². The molecular weight excluding hydrogens is 435 g/mol. The number of para-hydroxylation sites is 1. The van der Waals surface area contributed by atoms with E-state index in [2.05, 4.69) is 5.32 Å². The topological polar surface area (TPSA) is 58.6 Å². The summed E-state index contributed by atoms with van der Waals surface area (Å²) in [6, 6.07) is 13.8. The van der Waals surface area contributed by atoms with Crippen LogP contribution in [0, 0.1) is 0 Å². The van der Waals surface area contributed by atoms with Crippen molar-refractivity contribution in [1.29, 1.82) is 0 Å². The highest BCUT2D eigenvalue weighted by molar-refractivity contribution is 6.32. The van der Waals surface area contributed by atoms with Gasteiger partial charge >= 0.3 is 0 Å². The second-order valence-corrected chi connectivity index (χ2v) is 8.73. The quantitative estimate of drug-likeness (QED) is 0.583. The van der Waals surface area contributed by atoms with Gasteiger partial charge < -0.3 is 15.0 Å². The standard InChI is InChI=1S/C24H28Cl2N2O3/c1-17(24(30)27-20-7-3-2-4-8-20)28(15-18-11-13-19(25)14-12-18)23(29)16-31-22-10-6-5-9-21(22)26/h5-6,9-14,17,20H,2-4,7-8,15-16H2,1H3,(H,27,30). The zero-order valence-electron chi connectivity index (χ0n) is 17.7. The molecule has 0 heterocycles. The fourth-order valence-corrected chi connectivity index (χ4v) is 4.04. The molecule has 2 amide bonds. The zero-order valence-corrected chi connectivity index (χ0v) is 19.2. The maximum absolute atomic E-state index is 13.1. The van der Waals surface area contributed by atoms with Gasteiger partial charge in [0.05, 0.1) is 5.02 Å². The molecule has 1 unspecified atom stereocenters. The van der Waals surface area contributed by atoms with Crippen LogP contribution in [0.15, 0.2) is 48.5 Å². The van der Waals surface area contributed by atoms with E-state index in [0.717, 1.165) is 31.2 Å². The number of rotatable bonds is 8. The van der Waals surface area contributed by atoms with Crippen LogP contribution in [0.25, 0.3) is 0 Å². The predicted octanol–water partition coefficient (Wildman–Crippen LogP) is 5.24. The Bertz CT molecular complexity index is 883. The molecule has 0 aromatic heterocycles. The normalized spacial score (nSPS) is 15.2. The van der Waals surface area contributed by atoms with E-state index in [4.69, 9.17) is 27.9 Å². The van der Waals surface area contributed by atoms with Gasteiger partial charge in [0.2, 0.25) is 5.91 Å². The molecule has 31 heavy (non-hydrogen) atoms. The van der Waals surface area contributed by atoms with Gasteiger partial charge in [0.1, 0.15) is 11.8 Å². The minimum absolute atomic E-state index is 0.146. The second kappa shape index (κ2) is 11.4. The highest BCUT2D eigenvalue weighted by Crippen LogP contribution is 2.23. The van der Waals surface area contributed by atoms with Gasteiger partial charge in [-0.1, -0.05) is 66.7 Å². The lowest BCUT2D eigenvalue weighted by molar-refractivity contribution is -0.142. The molecule has 3 rings (SSSR count). The van der Waals surface area contributed by atoms with Crippen LogP contribution in [0.4, 0.5) is 0 Å². The third kappa shape index (κ3) is 6.88. The third-order valence-corrected chi connectivity index (χ3v) is 6.14. The zero-order chi connectivity index (χ0) is 22.2. The Morgan fingerprint density at radius 2 is 1.74 bits per heavy atom. The average molecular weight is 463 g/mol. The molecule has 1 N–H and O–H groups in total. The monoisotopic (exact) mass is 462 g/mol. The largest absolute Gasteiger partial charge is 0.482 e. The molecule has 1 saturated carbocycles. The van der Waals surface area contributed by atoms with Crippen molar-refractivity contribution in [2.24, 2.45) is 0 Å². The lowest BCUT2D eigenvalue weighted by atomic mass is 9.95. The molecule has 2 aromatic carbocycles. The Morgan fingerprint density at radius 3 is 2.42 bits per heavy atom. The summed E-state index contributed by atoms with van der Waals surface area (Å²) in [5.74, 6) is -0.00334. The summed E-state index contributed by atoms with van der Waals surface area (Å²) < 4.78 is 5.64. The summed E-state index contributed by atoms with van der Waals surface area (Å²) >= 11 is 12.1. The lowest BCUT2D eigenvalue weighted by Gasteiger charge is -2.31. The fraction of sp³-hybridized carbons (Fsp3) is 0.417. The average Bonchev–Trinajstić information content (AvgIpc) is 2.78. The van der Waals surface area contributed by atoms with Crippen LogP contribution in [0.1, 0.15) is 44.6 Å². The van der Waals surface area contributed by atoms with Gasteiger partial charge in [0, 0.05) is 17.6 Å². The summed E-state index contributed by atoms with van der Waals surface area (Å²) in [7, 11) is 0. The highest BCUT2D eigenvalue weighted by Gasteiger charge is 2.28. The van der Waals surface area contributed by atoms with Gasteiger partial charge in [-0.25, -0.2) is 0 Å². The molecular formula is C24H28Cl2N2O3. The van der Waals surface area contributed by atoms with Crippen molar-refractivity contribution in [3.8, 4) is 5.75 Å². The van der Waals surface area contributed by atoms with Crippen molar-refractivity contribution in [1.82, 2.24) is 10.2 Å². The maximum Gasteiger partial charge on any atom is 0.261 e. The minimum Gasteiger partial charge on any atom is -0.482 e. The van der Waals surface area contributed by atoms with E-state index in [0.29, 0.717) is 15.8 Å². The number of halogens is 2. The van der Waals surface area contributed by atoms with E-state index in [1.54, 1.807) is 43.3 Å². The SMILES string of the molecule is CC(C(=O)NC1CCCCC1)N(Cc1ccc(Cl)cc1)C(=O)COc1ccccc1Cl. The smallest absolute Gasteiger partial charge is 0.261 e. The number of nitrogens with one attached hydrogen (secondary N) is 1. The van der Waals surface area contributed by atoms with Crippen LogP contribution >= 0.6 is 23.2 Å². The number of ether oxygens (including phenoxy) is 1. The number of nitrogens with zero attached hydrogens (tertiary/aromatic N) is 1.